The monoisotopic (exact) mass is 590 g/mol. The molecule has 45 heavy (non-hydrogen) atoms. The third kappa shape index (κ3) is 5.12. The third-order valence-electron chi connectivity index (χ3n) is 9.04. The summed E-state index contributed by atoms with van der Waals surface area (Å²) < 4.78 is 0. The molecular formula is C40H38N4O. The van der Waals surface area contributed by atoms with Gasteiger partial charge in [-0.15, -0.1) is 0 Å². The highest BCUT2D eigenvalue weighted by Crippen LogP contribution is 2.42. The zero-order valence-corrected chi connectivity index (χ0v) is 27.0. The average Bonchev–Trinajstić information content (AvgIpc) is 3.75. The van der Waals surface area contributed by atoms with Crippen LogP contribution in [0.1, 0.15) is 60.6 Å². The Morgan fingerprint density at radius 2 is 1.44 bits per heavy atom. The predicted octanol–water partition coefficient (Wildman–Crippen LogP) is 9.04. The first-order chi connectivity index (χ1) is 21.5. The van der Waals surface area contributed by atoms with Gasteiger partial charge in [-0.2, -0.15) is 0 Å². The number of aryl methyl sites for hydroxylation is 4. The van der Waals surface area contributed by atoms with E-state index in [2.05, 4.69) is 120 Å². The molecule has 0 spiro atoms. The van der Waals surface area contributed by atoms with Crippen LogP contribution in [0.4, 0.5) is 0 Å². The van der Waals surface area contributed by atoms with Gasteiger partial charge in [0.1, 0.15) is 0 Å². The van der Waals surface area contributed by atoms with Crippen molar-refractivity contribution in [3.05, 3.63) is 152 Å². The van der Waals surface area contributed by atoms with Gasteiger partial charge in [0.05, 0.1) is 40.0 Å². The summed E-state index contributed by atoms with van der Waals surface area (Å²) in [6.07, 6.45) is 15.4. The molecule has 0 unspecified atom stereocenters. The molecule has 2 N–H and O–H groups in total. The van der Waals surface area contributed by atoms with Crippen molar-refractivity contribution in [3.8, 4) is 0 Å². The number of allylic oxidation sites excluding steroid dienone is 13. The minimum atomic E-state index is -0.120. The molecule has 5 aliphatic rings. The zero-order valence-electron chi connectivity index (χ0n) is 27.0. The molecule has 8 bridgehead atoms. The van der Waals surface area contributed by atoms with Crippen LogP contribution in [0, 0.1) is 33.1 Å². The highest BCUT2D eigenvalue weighted by Gasteiger charge is 2.34. The van der Waals surface area contributed by atoms with Crippen molar-refractivity contribution in [3.63, 3.8) is 0 Å². The largest absolute Gasteiger partial charge is 0.512 e. The molecule has 5 heteroatoms. The number of aliphatic hydroxyl groups excluding tert-OH is 1. The van der Waals surface area contributed by atoms with Crippen molar-refractivity contribution < 1.29 is 5.11 Å². The topological polar surface area (TPSA) is 69.3 Å². The quantitative estimate of drug-likeness (QED) is 0.343. The summed E-state index contributed by atoms with van der Waals surface area (Å²) in [5, 5.41) is 14.5. The second-order valence-electron chi connectivity index (χ2n) is 13.3. The highest BCUT2D eigenvalue weighted by atomic mass is 16.3. The van der Waals surface area contributed by atoms with E-state index in [0.717, 1.165) is 91.0 Å². The summed E-state index contributed by atoms with van der Waals surface area (Å²) >= 11 is 0. The smallest absolute Gasteiger partial charge is 0.0986 e. The standard InChI is InChI=1S/C40H38N4O/c1-22-8-10-27(11-9-22)38-31-13-12-28(41-31)19-36-40(6,7)21-29(42-36)18-34-30(26(5)45)20-35(44-34)39(33-15-14-32(38)43-33)37-24(3)16-23(2)17-25(37)4/h8-20,42,45H,21H2,1-7H3. The molecule has 1 fully saturated rings. The van der Waals surface area contributed by atoms with E-state index in [1.807, 2.05) is 6.08 Å². The molecule has 0 saturated carbocycles. The fourth-order valence-corrected chi connectivity index (χ4v) is 6.90. The minimum Gasteiger partial charge on any atom is -0.512 e. The number of fused-ring (bicyclic) bond motifs is 5. The van der Waals surface area contributed by atoms with Gasteiger partial charge in [0.15, 0.2) is 0 Å². The van der Waals surface area contributed by atoms with Crippen LogP contribution in [0.2, 0.25) is 0 Å². The van der Waals surface area contributed by atoms with E-state index in [0.29, 0.717) is 0 Å². The van der Waals surface area contributed by atoms with E-state index >= 15 is 0 Å². The van der Waals surface area contributed by atoms with Gasteiger partial charge in [0, 0.05) is 33.5 Å². The zero-order chi connectivity index (χ0) is 31.6. The van der Waals surface area contributed by atoms with Gasteiger partial charge in [0.2, 0.25) is 0 Å². The lowest BCUT2D eigenvalue weighted by molar-refractivity contribution is 0.412. The molecular weight excluding hydrogens is 552 g/mol. The van der Waals surface area contributed by atoms with Crippen molar-refractivity contribution in [2.75, 3.05) is 0 Å². The van der Waals surface area contributed by atoms with Crippen LogP contribution in [0.3, 0.4) is 0 Å². The van der Waals surface area contributed by atoms with Crippen LogP contribution in [-0.4, -0.2) is 22.2 Å². The minimum absolute atomic E-state index is 0.120. The van der Waals surface area contributed by atoms with E-state index < -0.39 is 0 Å². The fourth-order valence-electron chi connectivity index (χ4n) is 6.90. The average molecular weight is 591 g/mol. The molecule has 0 atom stereocenters. The summed E-state index contributed by atoms with van der Waals surface area (Å²) in [5.74, 6) is 0.239. The second kappa shape index (κ2) is 10.6. The maximum absolute atomic E-state index is 10.9. The van der Waals surface area contributed by atoms with Crippen molar-refractivity contribution in [2.24, 2.45) is 20.4 Å². The Labute approximate surface area is 265 Å². The maximum Gasteiger partial charge on any atom is 0.0986 e. The van der Waals surface area contributed by atoms with Crippen LogP contribution >= 0.6 is 0 Å². The third-order valence-corrected chi connectivity index (χ3v) is 9.04. The Hall–Kier alpha value is -5.03. The van der Waals surface area contributed by atoms with E-state index in [1.165, 1.54) is 11.1 Å². The molecule has 0 aliphatic carbocycles. The van der Waals surface area contributed by atoms with Crippen molar-refractivity contribution in [2.45, 2.75) is 54.9 Å². The Morgan fingerprint density at radius 1 is 0.756 bits per heavy atom. The fraction of sp³-hybridized carbons (Fsp3) is 0.225. The summed E-state index contributed by atoms with van der Waals surface area (Å²) in [5.41, 5.74) is 16.6. The van der Waals surface area contributed by atoms with Gasteiger partial charge in [-0.3, -0.25) is 0 Å². The van der Waals surface area contributed by atoms with Gasteiger partial charge in [-0.05, 0) is 106 Å². The summed E-state index contributed by atoms with van der Waals surface area (Å²) in [6.45, 7) is 14.7. The number of hydrogen-bond donors (Lipinski definition) is 2. The summed E-state index contributed by atoms with van der Waals surface area (Å²) in [6, 6.07) is 13.0. The van der Waals surface area contributed by atoms with Crippen molar-refractivity contribution in [1.82, 2.24) is 5.32 Å². The number of rotatable bonds is 2. The van der Waals surface area contributed by atoms with Gasteiger partial charge in [-0.25, -0.2) is 15.0 Å². The first-order valence-corrected chi connectivity index (χ1v) is 15.6. The molecule has 5 nitrogen and oxygen atoms in total. The molecule has 2 aromatic rings. The lowest BCUT2D eigenvalue weighted by Gasteiger charge is -2.17. The summed E-state index contributed by atoms with van der Waals surface area (Å²) in [7, 11) is 0. The van der Waals surface area contributed by atoms with Gasteiger partial charge < -0.3 is 10.4 Å². The van der Waals surface area contributed by atoms with Gasteiger partial charge >= 0.3 is 0 Å². The molecule has 2 aromatic carbocycles. The lowest BCUT2D eigenvalue weighted by Crippen LogP contribution is -2.14. The molecule has 0 aromatic heterocycles. The van der Waals surface area contributed by atoms with E-state index in [-0.39, 0.29) is 11.2 Å². The molecule has 1 saturated heterocycles. The number of hydrogen-bond acceptors (Lipinski definition) is 5. The number of nitrogens with zero attached hydrogens (tertiary/aromatic N) is 3. The van der Waals surface area contributed by atoms with E-state index in [1.54, 1.807) is 6.92 Å². The van der Waals surface area contributed by atoms with E-state index in [4.69, 9.17) is 15.0 Å². The van der Waals surface area contributed by atoms with E-state index in [9.17, 15) is 5.11 Å². The van der Waals surface area contributed by atoms with Crippen molar-refractivity contribution >= 4 is 28.3 Å². The summed E-state index contributed by atoms with van der Waals surface area (Å²) in [4.78, 5) is 15.7. The molecule has 5 aliphatic heterocycles. The number of aliphatic imine (C=N–C) groups is 3. The highest BCUT2D eigenvalue weighted by molar-refractivity contribution is 6.32. The Morgan fingerprint density at radius 3 is 2.16 bits per heavy atom. The van der Waals surface area contributed by atoms with Crippen LogP contribution in [0.25, 0.3) is 11.1 Å². The van der Waals surface area contributed by atoms with Crippen LogP contribution in [0.15, 0.2) is 134 Å². The van der Waals surface area contributed by atoms with Crippen LogP contribution < -0.4 is 5.32 Å². The van der Waals surface area contributed by atoms with Crippen molar-refractivity contribution in [1.29, 1.82) is 0 Å². The van der Waals surface area contributed by atoms with Gasteiger partial charge in [0.25, 0.3) is 0 Å². The number of nitrogens with one attached hydrogen (secondary N) is 1. The second-order valence-corrected chi connectivity index (χ2v) is 13.3. The Balaban J connectivity index is 1.56. The molecule has 0 amide bonds. The predicted molar refractivity (Wildman–Crippen MR) is 187 cm³/mol. The first-order valence-electron chi connectivity index (χ1n) is 15.6. The van der Waals surface area contributed by atoms with Crippen LogP contribution in [-0.2, 0) is 0 Å². The Bertz CT molecular complexity index is 2020. The number of benzene rings is 2. The maximum atomic E-state index is 10.9. The van der Waals surface area contributed by atoms with Crippen LogP contribution in [0.5, 0.6) is 0 Å². The molecule has 7 rings (SSSR count). The molecule has 0 radical (unpaired) electrons. The SMILES string of the molecule is CC(O)=C1C=C2N=C1C=C1CC(C)(C)C(=CC3=NC(=C(c4ccc(C)cc4)C4=NC(=C2c2c(C)cc(C)cc2C)C=C4)C=C3)N1. The normalized spacial score (nSPS) is 21.0. The lowest BCUT2D eigenvalue weighted by atomic mass is 9.87. The molecule has 224 valence electrons. The molecule has 5 heterocycles. The first kappa shape index (κ1) is 28.7. The number of aliphatic hydroxyl groups is 1. The van der Waals surface area contributed by atoms with Gasteiger partial charge in [-0.1, -0.05) is 61.4 Å². The Kier molecular flexibility index (Phi) is 6.74.